The minimum atomic E-state index is -4.99. The average Bonchev–Trinajstić information content (AvgIpc) is 3.05. The fourth-order valence-electron chi connectivity index (χ4n) is 2.75. The summed E-state index contributed by atoms with van der Waals surface area (Å²) in [6, 6.07) is 11.9. The van der Waals surface area contributed by atoms with E-state index >= 15 is 0 Å². The molecule has 3 rings (SSSR count). The number of hydrogen-bond donors (Lipinski definition) is 2. The third-order valence-electron chi connectivity index (χ3n) is 4.19. The molecule has 2 aromatic heterocycles. The number of aliphatic hydroxyl groups is 1. The van der Waals surface area contributed by atoms with Crippen LogP contribution in [0.4, 0.5) is 13.2 Å². The van der Waals surface area contributed by atoms with E-state index in [-0.39, 0.29) is 18.5 Å². The Labute approximate surface area is 152 Å². The van der Waals surface area contributed by atoms with E-state index in [1.807, 2.05) is 0 Å². The molecule has 142 valence electrons. The Hall–Kier alpha value is -2.94. The van der Waals surface area contributed by atoms with Gasteiger partial charge < -0.3 is 10.4 Å². The summed E-state index contributed by atoms with van der Waals surface area (Å²) < 4.78 is 42.0. The monoisotopic (exact) mass is 378 g/mol. The zero-order valence-corrected chi connectivity index (χ0v) is 14.1. The highest BCUT2D eigenvalue weighted by atomic mass is 19.4. The molecule has 0 unspecified atom stereocenters. The van der Waals surface area contributed by atoms with E-state index in [1.165, 1.54) is 18.2 Å². The van der Waals surface area contributed by atoms with E-state index in [0.717, 1.165) is 12.1 Å². The summed E-state index contributed by atoms with van der Waals surface area (Å²) in [6.45, 7) is 0.0667. The van der Waals surface area contributed by atoms with Crippen molar-refractivity contribution >= 4 is 11.6 Å². The van der Waals surface area contributed by atoms with E-state index in [9.17, 15) is 23.1 Å². The minimum absolute atomic E-state index is 0.0667. The van der Waals surface area contributed by atoms with Gasteiger partial charge in [0.2, 0.25) is 5.91 Å². The Morgan fingerprint density at radius 3 is 2.48 bits per heavy atom. The zero-order chi connectivity index (χ0) is 19.5. The van der Waals surface area contributed by atoms with Crippen molar-refractivity contribution in [3.05, 3.63) is 66.1 Å². The van der Waals surface area contributed by atoms with Gasteiger partial charge in [0.15, 0.2) is 11.2 Å². The SMILES string of the molecule is O=C(C[C@](O)(c1ccccc1)C(F)(F)F)NCCc1nnc2ccccn12. The van der Waals surface area contributed by atoms with Crippen LogP contribution in [0.2, 0.25) is 0 Å². The molecule has 1 aromatic carbocycles. The summed E-state index contributed by atoms with van der Waals surface area (Å²) >= 11 is 0. The van der Waals surface area contributed by atoms with Gasteiger partial charge in [-0.3, -0.25) is 9.20 Å². The molecule has 9 heteroatoms. The molecular weight excluding hydrogens is 361 g/mol. The lowest BCUT2D eigenvalue weighted by Gasteiger charge is -2.30. The van der Waals surface area contributed by atoms with Crippen LogP contribution in [0.15, 0.2) is 54.7 Å². The highest BCUT2D eigenvalue weighted by Gasteiger charge is 2.55. The van der Waals surface area contributed by atoms with Crippen molar-refractivity contribution in [3.63, 3.8) is 0 Å². The maximum atomic E-state index is 13.4. The Morgan fingerprint density at radius 2 is 1.78 bits per heavy atom. The first-order valence-corrected chi connectivity index (χ1v) is 8.21. The third kappa shape index (κ3) is 3.92. The Balaban J connectivity index is 1.65. The van der Waals surface area contributed by atoms with E-state index in [2.05, 4.69) is 15.5 Å². The van der Waals surface area contributed by atoms with Gasteiger partial charge in [0.25, 0.3) is 0 Å². The fraction of sp³-hybridized carbons (Fsp3) is 0.278. The van der Waals surface area contributed by atoms with Gasteiger partial charge in [-0.05, 0) is 17.7 Å². The molecule has 0 aliphatic rings. The van der Waals surface area contributed by atoms with Crippen LogP contribution < -0.4 is 5.32 Å². The smallest absolute Gasteiger partial charge is 0.376 e. The van der Waals surface area contributed by atoms with Crippen LogP contribution in [0.5, 0.6) is 0 Å². The van der Waals surface area contributed by atoms with Crippen molar-refractivity contribution in [3.8, 4) is 0 Å². The van der Waals surface area contributed by atoms with Crippen LogP contribution >= 0.6 is 0 Å². The van der Waals surface area contributed by atoms with Crippen LogP contribution in [0.25, 0.3) is 5.65 Å². The predicted octanol–water partition coefficient (Wildman–Crippen LogP) is 2.23. The van der Waals surface area contributed by atoms with Gasteiger partial charge in [0, 0.05) is 19.2 Å². The quantitative estimate of drug-likeness (QED) is 0.690. The lowest BCUT2D eigenvalue weighted by Crippen LogP contribution is -2.46. The molecule has 0 radical (unpaired) electrons. The van der Waals surface area contributed by atoms with Gasteiger partial charge in [0.1, 0.15) is 5.82 Å². The van der Waals surface area contributed by atoms with Gasteiger partial charge >= 0.3 is 6.18 Å². The summed E-state index contributed by atoms with van der Waals surface area (Å²) in [7, 11) is 0. The number of nitrogens with one attached hydrogen (secondary N) is 1. The molecule has 3 aromatic rings. The second kappa shape index (κ2) is 7.36. The highest BCUT2D eigenvalue weighted by Crippen LogP contribution is 2.41. The zero-order valence-electron chi connectivity index (χ0n) is 14.1. The van der Waals surface area contributed by atoms with Gasteiger partial charge in [-0.1, -0.05) is 36.4 Å². The minimum Gasteiger partial charge on any atom is -0.376 e. The third-order valence-corrected chi connectivity index (χ3v) is 4.19. The molecule has 6 nitrogen and oxygen atoms in total. The molecule has 0 saturated heterocycles. The van der Waals surface area contributed by atoms with Crippen molar-refractivity contribution in [2.75, 3.05) is 6.54 Å². The lowest BCUT2D eigenvalue weighted by molar-refractivity contribution is -0.267. The number of aromatic nitrogens is 3. The molecule has 0 aliphatic heterocycles. The molecule has 2 N–H and O–H groups in total. The van der Waals surface area contributed by atoms with Crippen molar-refractivity contribution in [2.45, 2.75) is 24.6 Å². The van der Waals surface area contributed by atoms with Crippen LogP contribution in [0.3, 0.4) is 0 Å². The fourth-order valence-corrected chi connectivity index (χ4v) is 2.75. The second-order valence-electron chi connectivity index (χ2n) is 6.05. The Morgan fingerprint density at radius 1 is 1.07 bits per heavy atom. The van der Waals surface area contributed by atoms with Crippen molar-refractivity contribution in [1.82, 2.24) is 19.9 Å². The Kier molecular flexibility index (Phi) is 5.13. The predicted molar refractivity (Wildman–Crippen MR) is 90.7 cm³/mol. The number of pyridine rings is 1. The number of benzene rings is 1. The van der Waals surface area contributed by atoms with E-state index in [1.54, 1.807) is 28.8 Å². The number of halogens is 3. The first kappa shape index (κ1) is 18.8. The van der Waals surface area contributed by atoms with Gasteiger partial charge in [-0.25, -0.2) is 0 Å². The highest BCUT2D eigenvalue weighted by molar-refractivity contribution is 5.77. The maximum absolute atomic E-state index is 13.4. The van der Waals surface area contributed by atoms with Crippen molar-refractivity contribution in [1.29, 1.82) is 0 Å². The molecular formula is C18H17F3N4O2. The van der Waals surface area contributed by atoms with Gasteiger partial charge in [-0.15, -0.1) is 10.2 Å². The van der Waals surface area contributed by atoms with Crippen LogP contribution in [0.1, 0.15) is 17.8 Å². The lowest BCUT2D eigenvalue weighted by atomic mass is 9.89. The summed E-state index contributed by atoms with van der Waals surface area (Å²) in [4.78, 5) is 12.1. The maximum Gasteiger partial charge on any atom is 0.421 e. The van der Waals surface area contributed by atoms with E-state index in [0.29, 0.717) is 11.5 Å². The number of hydrogen-bond acceptors (Lipinski definition) is 4. The van der Waals surface area contributed by atoms with Crippen molar-refractivity contribution in [2.24, 2.45) is 0 Å². The number of rotatable bonds is 6. The molecule has 2 heterocycles. The number of amides is 1. The van der Waals surface area contributed by atoms with Gasteiger partial charge in [-0.2, -0.15) is 13.2 Å². The summed E-state index contributed by atoms with van der Waals surface area (Å²) in [6.07, 6.45) is -4.08. The van der Waals surface area contributed by atoms with E-state index < -0.39 is 24.1 Å². The van der Waals surface area contributed by atoms with Crippen molar-refractivity contribution < 1.29 is 23.1 Å². The van der Waals surface area contributed by atoms with Gasteiger partial charge in [0.05, 0.1) is 6.42 Å². The number of fused-ring (bicyclic) bond motifs is 1. The molecule has 0 bridgehead atoms. The molecule has 27 heavy (non-hydrogen) atoms. The number of carbonyl (C=O) groups is 1. The molecule has 1 atom stereocenters. The Bertz CT molecular complexity index is 927. The first-order chi connectivity index (χ1) is 12.8. The topological polar surface area (TPSA) is 79.5 Å². The number of carbonyl (C=O) groups excluding carboxylic acids is 1. The number of alkyl halides is 3. The molecule has 0 spiro atoms. The average molecular weight is 378 g/mol. The molecule has 0 fully saturated rings. The van der Waals surface area contributed by atoms with Crippen LogP contribution in [-0.4, -0.2) is 38.3 Å². The number of nitrogens with zero attached hydrogens (tertiary/aromatic N) is 3. The van der Waals surface area contributed by atoms with Crippen LogP contribution in [-0.2, 0) is 16.8 Å². The molecule has 0 aliphatic carbocycles. The summed E-state index contributed by atoms with van der Waals surface area (Å²) in [5, 5.41) is 20.6. The summed E-state index contributed by atoms with van der Waals surface area (Å²) in [5.41, 5.74) is -3.00. The summed E-state index contributed by atoms with van der Waals surface area (Å²) in [5.74, 6) is -0.340. The normalized spacial score (nSPS) is 14.1. The largest absolute Gasteiger partial charge is 0.421 e. The molecule has 1 amide bonds. The first-order valence-electron chi connectivity index (χ1n) is 8.21. The van der Waals surface area contributed by atoms with Crippen LogP contribution in [0, 0.1) is 0 Å². The second-order valence-corrected chi connectivity index (χ2v) is 6.05. The standard InChI is InChI=1S/C18H17F3N4O2/c19-18(20,21)17(27,13-6-2-1-3-7-13)12-16(26)22-10-9-15-24-23-14-8-4-5-11-25(14)15/h1-8,11,27H,9-10,12H2,(H,22,26)/t17-/m0/s1. The molecule has 0 saturated carbocycles. The van der Waals surface area contributed by atoms with E-state index in [4.69, 9.17) is 0 Å².